The topological polar surface area (TPSA) is 9.23 Å². The van der Waals surface area contributed by atoms with Gasteiger partial charge in [0.15, 0.2) is 0 Å². The van der Waals surface area contributed by atoms with Crippen LogP contribution in [0.4, 0.5) is 17.6 Å². The number of ether oxygens (including phenoxy) is 1. The molecule has 0 heterocycles. The van der Waals surface area contributed by atoms with Gasteiger partial charge in [-0.25, -0.2) is 4.39 Å². The monoisotopic (exact) mass is 270 g/mol. The molecule has 0 saturated heterocycles. The first kappa shape index (κ1) is 14.1. The van der Waals surface area contributed by atoms with Crippen LogP contribution in [0.1, 0.15) is 25.3 Å². The van der Waals surface area contributed by atoms with Gasteiger partial charge in [0.25, 0.3) is 0 Å². The van der Waals surface area contributed by atoms with Gasteiger partial charge in [0.05, 0.1) is 11.6 Å². The first-order chi connectivity index (χ1) is 7.88. The third-order valence-corrected chi connectivity index (χ3v) is 2.47. The summed E-state index contributed by atoms with van der Waals surface area (Å²) in [4.78, 5) is 0. The molecular weight excluding hydrogens is 260 g/mol. The number of benzene rings is 1. The average molecular weight is 271 g/mol. The molecule has 0 fully saturated rings. The van der Waals surface area contributed by atoms with Crippen molar-refractivity contribution < 1.29 is 22.3 Å². The highest BCUT2D eigenvalue weighted by Gasteiger charge is 2.38. The smallest absolute Gasteiger partial charge is 0.420 e. The minimum atomic E-state index is -4.83. The molecule has 0 bridgehead atoms. The van der Waals surface area contributed by atoms with Gasteiger partial charge < -0.3 is 4.74 Å². The normalized spacial score (nSPS) is 11.6. The van der Waals surface area contributed by atoms with E-state index in [1.807, 2.05) is 6.92 Å². The first-order valence-electron chi connectivity index (χ1n) is 5.06. The summed E-state index contributed by atoms with van der Waals surface area (Å²) in [6.07, 6.45) is -3.30. The number of unbranched alkanes of at least 4 members (excludes halogenated alkanes) is 1. The number of hydrogen-bond acceptors (Lipinski definition) is 1. The molecule has 0 N–H and O–H groups in total. The third kappa shape index (κ3) is 3.49. The minimum Gasteiger partial charge on any atom is -0.492 e. The summed E-state index contributed by atoms with van der Waals surface area (Å²) in [5, 5.41) is -0.728. The maximum Gasteiger partial charge on any atom is 0.420 e. The highest BCUT2D eigenvalue weighted by molar-refractivity contribution is 6.32. The van der Waals surface area contributed by atoms with Gasteiger partial charge in [-0.1, -0.05) is 24.9 Å². The fourth-order valence-electron chi connectivity index (χ4n) is 1.23. The van der Waals surface area contributed by atoms with Gasteiger partial charge in [-0.15, -0.1) is 0 Å². The Balaban J connectivity index is 3.02. The molecular formula is C11H11ClF4O. The Kier molecular flexibility index (Phi) is 4.62. The van der Waals surface area contributed by atoms with Crippen molar-refractivity contribution in [3.05, 3.63) is 28.5 Å². The summed E-state index contributed by atoms with van der Waals surface area (Å²) >= 11 is 5.49. The minimum absolute atomic E-state index is 0.145. The van der Waals surface area contributed by atoms with Crippen LogP contribution in [-0.4, -0.2) is 6.61 Å². The average Bonchev–Trinajstić information content (AvgIpc) is 2.19. The van der Waals surface area contributed by atoms with Gasteiger partial charge in [0, 0.05) is 0 Å². The summed E-state index contributed by atoms with van der Waals surface area (Å²) in [6, 6.07) is 1.80. The summed E-state index contributed by atoms with van der Waals surface area (Å²) in [5.74, 6) is -1.54. The SMILES string of the molecule is CCCCOc1ccc(F)c(C(F)(F)F)c1Cl. The van der Waals surface area contributed by atoms with E-state index in [4.69, 9.17) is 16.3 Å². The van der Waals surface area contributed by atoms with Crippen LogP contribution in [0.2, 0.25) is 5.02 Å². The van der Waals surface area contributed by atoms with E-state index < -0.39 is 22.6 Å². The van der Waals surface area contributed by atoms with Crippen LogP contribution < -0.4 is 4.74 Å². The molecule has 1 aromatic carbocycles. The lowest BCUT2D eigenvalue weighted by Gasteiger charge is -2.14. The molecule has 17 heavy (non-hydrogen) atoms. The molecule has 0 spiro atoms. The van der Waals surface area contributed by atoms with E-state index in [0.717, 1.165) is 12.5 Å². The summed E-state index contributed by atoms with van der Waals surface area (Å²) in [7, 11) is 0. The van der Waals surface area contributed by atoms with Crippen LogP contribution in [0, 0.1) is 5.82 Å². The quantitative estimate of drug-likeness (QED) is 0.570. The molecule has 0 radical (unpaired) electrons. The maximum absolute atomic E-state index is 13.1. The summed E-state index contributed by atoms with van der Waals surface area (Å²) in [5.41, 5.74) is -1.48. The van der Waals surface area contributed by atoms with Gasteiger partial charge in [0.2, 0.25) is 0 Å². The highest BCUT2D eigenvalue weighted by atomic mass is 35.5. The van der Waals surface area contributed by atoms with E-state index in [1.54, 1.807) is 0 Å². The van der Waals surface area contributed by atoms with Crippen molar-refractivity contribution >= 4 is 11.6 Å². The van der Waals surface area contributed by atoms with Crippen LogP contribution in [0.5, 0.6) is 5.75 Å². The number of hydrogen-bond donors (Lipinski definition) is 0. The van der Waals surface area contributed by atoms with E-state index in [9.17, 15) is 17.6 Å². The van der Waals surface area contributed by atoms with E-state index >= 15 is 0 Å². The van der Waals surface area contributed by atoms with E-state index in [2.05, 4.69) is 0 Å². The van der Waals surface area contributed by atoms with E-state index in [1.165, 1.54) is 0 Å². The molecule has 1 nitrogen and oxygen atoms in total. The van der Waals surface area contributed by atoms with E-state index in [0.29, 0.717) is 12.5 Å². The zero-order valence-electron chi connectivity index (χ0n) is 9.07. The predicted molar refractivity (Wildman–Crippen MR) is 56.8 cm³/mol. The van der Waals surface area contributed by atoms with Crippen LogP contribution in [0.15, 0.2) is 12.1 Å². The lowest BCUT2D eigenvalue weighted by molar-refractivity contribution is -0.140. The molecule has 0 saturated carbocycles. The highest BCUT2D eigenvalue weighted by Crippen LogP contribution is 2.41. The van der Waals surface area contributed by atoms with Crippen molar-refractivity contribution in [1.29, 1.82) is 0 Å². The molecule has 6 heteroatoms. The van der Waals surface area contributed by atoms with Gasteiger partial charge in [-0.3, -0.25) is 0 Å². The zero-order valence-corrected chi connectivity index (χ0v) is 9.83. The second-order valence-corrected chi connectivity index (χ2v) is 3.81. The Morgan fingerprint density at radius 1 is 1.29 bits per heavy atom. The van der Waals surface area contributed by atoms with Gasteiger partial charge in [-0.05, 0) is 18.6 Å². The Bertz CT molecular complexity index is 390. The largest absolute Gasteiger partial charge is 0.492 e. The molecule has 1 rings (SSSR count). The van der Waals surface area contributed by atoms with Gasteiger partial charge >= 0.3 is 6.18 Å². The molecule has 0 aliphatic carbocycles. The molecule has 0 aliphatic heterocycles. The first-order valence-corrected chi connectivity index (χ1v) is 5.43. The van der Waals surface area contributed by atoms with Crippen molar-refractivity contribution in [1.82, 2.24) is 0 Å². The van der Waals surface area contributed by atoms with Gasteiger partial charge in [0.1, 0.15) is 17.1 Å². The molecule has 0 aliphatic rings. The zero-order chi connectivity index (χ0) is 13.1. The lowest BCUT2D eigenvalue weighted by Crippen LogP contribution is -2.10. The fourth-order valence-corrected chi connectivity index (χ4v) is 1.55. The van der Waals surface area contributed by atoms with Crippen molar-refractivity contribution in [2.75, 3.05) is 6.61 Å². The Labute approximate surface area is 101 Å². The molecule has 0 aromatic heterocycles. The number of alkyl halides is 3. The lowest BCUT2D eigenvalue weighted by atomic mass is 10.2. The molecule has 0 unspecified atom stereocenters. The summed E-state index contributed by atoms with van der Waals surface area (Å²) in [6.45, 7) is 2.16. The standard InChI is InChI=1S/C11H11ClF4O/c1-2-3-6-17-8-5-4-7(13)9(10(8)12)11(14,15)16/h4-5H,2-3,6H2,1H3. The van der Waals surface area contributed by atoms with Crippen LogP contribution in [0.25, 0.3) is 0 Å². The fraction of sp³-hybridized carbons (Fsp3) is 0.455. The molecule has 1 aromatic rings. The Morgan fingerprint density at radius 3 is 2.47 bits per heavy atom. The Hall–Kier alpha value is -0.970. The number of rotatable bonds is 4. The van der Waals surface area contributed by atoms with Crippen LogP contribution in [-0.2, 0) is 6.18 Å². The van der Waals surface area contributed by atoms with Crippen molar-refractivity contribution in [2.45, 2.75) is 25.9 Å². The van der Waals surface area contributed by atoms with Gasteiger partial charge in [-0.2, -0.15) is 13.2 Å². The second-order valence-electron chi connectivity index (χ2n) is 3.43. The van der Waals surface area contributed by atoms with Crippen LogP contribution >= 0.6 is 11.6 Å². The molecule has 0 atom stereocenters. The van der Waals surface area contributed by atoms with Crippen molar-refractivity contribution in [3.8, 4) is 5.75 Å². The van der Waals surface area contributed by atoms with Crippen molar-refractivity contribution in [3.63, 3.8) is 0 Å². The van der Waals surface area contributed by atoms with Crippen LogP contribution in [0.3, 0.4) is 0 Å². The predicted octanol–water partition coefficient (Wildman–Crippen LogP) is 4.68. The second kappa shape index (κ2) is 5.58. The Morgan fingerprint density at radius 2 is 1.94 bits per heavy atom. The maximum atomic E-state index is 13.1. The number of halogens is 5. The van der Waals surface area contributed by atoms with Crippen molar-refractivity contribution in [2.24, 2.45) is 0 Å². The summed E-state index contributed by atoms with van der Waals surface area (Å²) < 4.78 is 55.6. The molecule has 0 amide bonds. The third-order valence-electron chi connectivity index (χ3n) is 2.09. The molecule has 96 valence electrons. The van der Waals surface area contributed by atoms with E-state index in [-0.39, 0.29) is 12.4 Å².